The molecular formula is C12H12N2. The Morgan fingerprint density at radius 3 is 2.50 bits per heavy atom. The van der Waals surface area contributed by atoms with E-state index in [1.807, 2.05) is 43.3 Å². The molecule has 0 aliphatic heterocycles. The molecule has 0 saturated carbocycles. The molecule has 1 aromatic carbocycles. The lowest BCUT2D eigenvalue weighted by atomic mass is 10.1. The zero-order chi connectivity index (χ0) is 9.97. The highest BCUT2D eigenvalue weighted by Gasteiger charge is 2.00. The summed E-state index contributed by atoms with van der Waals surface area (Å²) in [5.41, 5.74) is 9.65. The van der Waals surface area contributed by atoms with Crippen molar-refractivity contribution >= 4 is 5.69 Å². The average molecular weight is 184 g/mol. The van der Waals surface area contributed by atoms with E-state index in [1.54, 1.807) is 6.20 Å². The Balaban J connectivity index is 2.48. The van der Waals surface area contributed by atoms with Crippen LogP contribution < -0.4 is 5.73 Å². The molecule has 14 heavy (non-hydrogen) atoms. The molecule has 2 aromatic rings. The van der Waals surface area contributed by atoms with E-state index in [1.165, 1.54) is 0 Å². The SMILES string of the molecule is Cc1cnc(-c2ccccc2)cc1N. The van der Waals surface area contributed by atoms with Gasteiger partial charge in [0.2, 0.25) is 0 Å². The topological polar surface area (TPSA) is 38.9 Å². The molecule has 1 aromatic heterocycles. The Kier molecular flexibility index (Phi) is 2.19. The number of nitrogens with two attached hydrogens (primary N) is 1. The van der Waals surface area contributed by atoms with Crippen LogP contribution in [0.1, 0.15) is 5.56 Å². The molecule has 70 valence electrons. The van der Waals surface area contributed by atoms with Gasteiger partial charge in [0.15, 0.2) is 0 Å². The Bertz CT molecular complexity index is 435. The molecule has 0 amide bonds. The van der Waals surface area contributed by atoms with Crippen LogP contribution >= 0.6 is 0 Å². The number of benzene rings is 1. The number of hydrogen-bond acceptors (Lipinski definition) is 2. The Morgan fingerprint density at radius 1 is 1.14 bits per heavy atom. The van der Waals surface area contributed by atoms with Gasteiger partial charge in [-0.15, -0.1) is 0 Å². The van der Waals surface area contributed by atoms with Crippen LogP contribution in [0, 0.1) is 6.92 Å². The van der Waals surface area contributed by atoms with Crippen molar-refractivity contribution in [1.82, 2.24) is 4.98 Å². The van der Waals surface area contributed by atoms with E-state index in [0.717, 1.165) is 22.5 Å². The van der Waals surface area contributed by atoms with Crippen molar-refractivity contribution in [2.45, 2.75) is 6.92 Å². The van der Waals surface area contributed by atoms with Crippen molar-refractivity contribution in [1.29, 1.82) is 0 Å². The molecule has 1 heterocycles. The number of aryl methyl sites for hydroxylation is 1. The van der Waals surface area contributed by atoms with E-state index >= 15 is 0 Å². The zero-order valence-corrected chi connectivity index (χ0v) is 8.07. The van der Waals surface area contributed by atoms with E-state index in [0.29, 0.717) is 0 Å². The summed E-state index contributed by atoms with van der Waals surface area (Å²) in [6.45, 7) is 1.96. The lowest BCUT2D eigenvalue weighted by molar-refractivity contribution is 1.27. The lowest BCUT2D eigenvalue weighted by Crippen LogP contribution is -1.92. The predicted octanol–water partition coefficient (Wildman–Crippen LogP) is 2.64. The third-order valence-electron chi connectivity index (χ3n) is 2.21. The molecule has 2 N–H and O–H groups in total. The maximum Gasteiger partial charge on any atom is 0.0722 e. The number of anilines is 1. The summed E-state index contributed by atoms with van der Waals surface area (Å²) in [7, 11) is 0. The average Bonchev–Trinajstić information content (AvgIpc) is 2.23. The molecule has 2 heteroatoms. The first-order valence-corrected chi connectivity index (χ1v) is 4.55. The van der Waals surface area contributed by atoms with Crippen LogP contribution in [0.4, 0.5) is 5.69 Å². The molecule has 0 radical (unpaired) electrons. The predicted molar refractivity (Wildman–Crippen MR) is 58.8 cm³/mol. The van der Waals surface area contributed by atoms with Gasteiger partial charge >= 0.3 is 0 Å². The van der Waals surface area contributed by atoms with E-state index in [4.69, 9.17) is 5.73 Å². The highest BCUT2D eigenvalue weighted by Crippen LogP contribution is 2.20. The van der Waals surface area contributed by atoms with Crippen molar-refractivity contribution in [2.24, 2.45) is 0 Å². The van der Waals surface area contributed by atoms with Gasteiger partial charge in [-0.05, 0) is 18.6 Å². The summed E-state index contributed by atoms with van der Waals surface area (Å²) in [4.78, 5) is 4.33. The van der Waals surface area contributed by atoms with Gasteiger partial charge in [-0.2, -0.15) is 0 Å². The van der Waals surface area contributed by atoms with Gasteiger partial charge < -0.3 is 5.73 Å². The summed E-state index contributed by atoms with van der Waals surface area (Å²) in [6.07, 6.45) is 1.80. The fourth-order valence-corrected chi connectivity index (χ4v) is 1.31. The van der Waals surface area contributed by atoms with E-state index < -0.39 is 0 Å². The van der Waals surface area contributed by atoms with Crippen LogP contribution in [-0.2, 0) is 0 Å². The van der Waals surface area contributed by atoms with E-state index in [9.17, 15) is 0 Å². The first-order valence-electron chi connectivity index (χ1n) is 4.55. The number of nitrogens with zero attached hydrogens (tertiary/aromatic N) is 1. The summed E-state index contributed by atoms with van der Waals surface area (Å²) in [5.74, 6) is 0. The maximum atomic E-state index is 5.82. The van der Waals surface area contributed by atoms with Gasteiger partial charge in [-0.3, -0.25) is 4.98 Å². The van der Waals surface area contributed by atoms with Crippen LogP contribution in [0.3, 0.4) is 0 Å². The molecule has 0 saturated heterocycles. The van der Waals surface area contributed by atoms with Crippen LogP contribution in [0.2, 0.25) is 0 Å². The second-order valence-electron chi connectivity index (χ2n) is 3.29. The van der Waals surface area contributed by atoms with Crippen LogP contribution in [0.15, 0.2) is 42.6 Å². The first kappa shape index (κ1) is 8.75. The van der Waals surface area contributed by atoms with Gasteiger partial charge in [0.1, 0.15) is 0 Å². The quantitative estimate of drug-likeness (QED) is 0.740. The Labute approximate surface area is 83.4 Å². The van der Waals surface area contributed by atoms with Crippen molar-refractivity contribution in [3.63, 3.8) is 0 Å². The number of nitrogen functional groups attached to an aromatic ring is 1. The van der Waals surface area contributed by atoms with Crippen LogP contribution in [-0.4, -0.2) is 4.98 Å². The van der Waals surface area contributed by atoms with Crippen molar-refractivity contribution in [2.75, 3.05) is 5.73 Å². The van der Waals surface area contributed by atoms with Gasteiger partial charge in [-0.25, -0.2) is 0 Å². The van der Waals surface area contributed by atoms with Gasteiger partial charge in [0.05, 0.1) is 5.69 Å². The number of hydrogen-bond donors (Lipinski definition) is 1. The Hall–Kier alpha value is -1.83. The molecule has 0 aliphatic rings. The molecule has 2 nitrogen and oxygen atoms in total. The molecular weight excluding hydrogens is 172 g/mol. The largest absolute Gasteiger partial charge is 0.398 e. The van der Waals surface area contributed by atoms with Crippen molar-refractivity contribution < 1.29 is 0 Å². The molecule has 0 fully saturated rings. The third kappa shape index (κ3) is 1.59. The standard InChI is InChI=1S/C12H12N2/c1-9-8-14-12(7-11(9)13)10-5-3-2-4-6-10/h2-8H,1H3,(H2,13,14). The zero-order valence-electron chi connectivity index (χ0n) is 8.07. The summed E-state index contributed by atoms with van der Waals surface area (Å²) >= 11 is 0. The fourth-order valence-electron chi connectivity index (χ4n) is 1.31. The normalized spacial score (nSPS) is 10.1. The number of pyridine rings is 1. The monoisotopic (exact) mass is 184 g/mol. The molecule has 2 rings (SSSR count). The van der Waals surface area contributed by atoms with Gasteiger partial charge in [0, 0.05) is 17.4 Å². The highest BCUT2D eigenvalue weighted by molar-refractivity contribution is 5.64. The summed E-state index contributed by atoms with van der Waals surface area (Å²) < 4.78 is 0. The first-order chi connectivity index (χ1) is 6.77. The highest BCUT2D eigenvalue weighted by atomic mass is 14.7. The van der Waals surface area contributed by atoms with Gasteiger partial charge in [0.25, 0.3) is 0 Å². The molecule has 0 aliphatic carbocycles. The molecule has 0 atom stereocenters. The number of rotatable bonds is 1. The minimum Gasteiger partial charge on any atom is -0.398 e. The third-order valence-corrected chi connectivity index (χ3v) is 2.21. The molecule has 0 bridgehead atoms. The second-order valence-corrected chi connectivity index (χ2v) is 3.29. The van der Waals surface area contributed by atoms with Crippen molar-refractivity contribution in [3.05, 3.63) is 48.2 Å². The number of aromatic nitrogens is 1. The fraction of sp³-hybridized carbons (Fsp3) is 0.0833. The second kappa shape index (κ2) is 3.50. The minimum atomic E-state index is 0.791. The molecule has 0 unspecified atom stereocenters. The van der Waals surface area contributed by atoms with Gasteiger partial charge in [-0.1, -0.05) is 30.3 Å². The van der Waals surface area contributed by atoms with Crippen LogP contribution in [0.25, 0.3) is 11.3 Å². The van der Waals surface area contributed by atoms with Crippen LogP contribution in [0.5, 0.6) is 0 Å². The minimum absolute atomic E-state index is 0.791. The Morgan fingerprint density at radius 2 is 1.86 bits per heavy atom. The smallest absolute Gasteiger partial charge is 0.0722 e. The molecule has 0 spiro atoms. The maximum absolute atomic E-state index is 5.82. The lowest BCUT2D eigenvalue weighted by Gasteiger charge is -2.03. The van der Waals surface area contributed by atoms with E-state index in [-0.39, 0.29) is 0 Å². The summed E-state index contributed by atoms with van der Waals surface area (Å²) in [6, 6.07) is 11.9. The van der Waals surface area contributed by atoms with Crippen molar-refractivity contribution in [3.8, 4) is 11.3 Å². The summed E-state index contributed by atoms with van der Waals surface area (Å²) in [5, 5.41) is 0. The van der Waals surface area contributed by atoms with E-state index in [2.05, 4.69) is 4.98 Å².